The Labute approximate surface area is 130 Å². The third kappa shape index (κ3) is 7.06. The highest BCUT2D eigenvalue weighted by Gasteiger charge is 2.11. The number of hydrogen-bond acceptors (Lipinski definition) is 7. The van der Waals surface area contributed by atoms with Crippen LogP contribution in [0.2, 0.25) is 0 Å². The van der Waals surface area contributed by atoms with Crippen molar-refractivity contribution in [3.63, 3.8) is 0 Å². The standard InChI is InChI=1S/C14H23N5O3/c1-22-13(20)2-3-17-11-12(10-15)14(21)18-6-9-19-7-4-16-5-8-19/h11,16-17H,2-9H2,1H3,(H,18,21)/b12-11-. The lowest BCUT2D eigenvalue weighted by Gasteiger charge is -2.27. The van der Waals surface area contributed by atoms with Crippen LogP contribution >= 0.6 is 0 Å². The maximum absolute atomic E-state index is 11.8. The van der Waals surface area contributed by atoms with Crippen LogP contribution in [-0.4, -0.2) is 69.7 Å². The first-order valence-electron chi connectivity index (χ1n) is 7.29. The number of piperazine rings is 1. The van der Waals surface area contributed by atoms with Crippen LogP contribution in [0.1, 0.15) is 6.42 Å². The lowest BCUT2D eigenvalue weighted by molar-refractivity contribution is -0.140. The van der Waals surface area contributed by atoms with Crippen molar-refractivity contribution in [2.75, 3.05) is 52.9 Å². The molecule has 0 aromatic carbocycles. The predicted octanol–water partition coefficient (Wildman–Crippen LogP) is -1.43. The van der Waals surface area contributed by atoms with Gasteiger partial charge in [-0.3, -0.25) is 14.5 Å². The highest BCUT2D eigenvalue weighted by molar-refractivity contribution is 5.97. The SMILES string of the molecule is COC(=O)CCN/C=C(/C#N)C(=O)NCCN1CCNCC1. The van der Waals surface area contributed by atoms with Gasteiger partial charge in [-0.1, -0.05) is 0 Å². The van der Waals surface area contributed by atoms with Gasteiger partial charge in [0.25, 0.3) is 5.91 Å². The number of nitriles is 1. The molecule has 1 heterocycles. The largest absolute Gasteiger partial charge is 0.469 e. The van der Waals surface area contributed by atoms with Crippen LogP contribution in [0.4, 0.5) is 0 Å². The van der Waals surface area contributed by atoms with E-state index in [0.29, 0.717) is 13.1 Å². The van der Waals surface area contributed by atoms with Crippen LogP contribution in [0.15, 0.2) is 11.8 Å². The molecule has 0 aliphatic carbocycles. The van der Waals surface area contributed by atoms with Crippen molar-refractivity contribution in [3.8, 4) is 6.07 Å². The van der Waals surface area contributed by atoms with Crippen LogP contribution in [0.25, 0.3) is 0 Å². The summed E-state index contributed by atoms with van der Waals surface area (Å²) in [5, 5.41) is 17.7. The van der Waals surface area contributed by atoms with Crippen molar-refractivity contribution in [2.45, 2.75) is 6.42 Å². The second-order valence-corrected chi connectivity index (χ2v) is 4.80. The van der Waals surface area contributed by atoms with Crippen LogP contribution in [-0.2, 0) is 14.3 Å². The summed E-state index contributed by atoms with van der Waals surface area (Å²) in [6, 6.07) is 1.84. The number of amides is 1. The van der Waals surface area contributed by atoms with Gasteiger partial charge < -0.3 is 20.7 Å². The number of hydrogen-bond donors (Lipinski definition) is 3. The summed E-state index contributed by atoms with van der Waals surface area (Å²) in [6.07, 6.45) is 1.50. The molecule has 1 rings (SSSR count). The molecule has 1 fully saturated rings. The minimum atomic E-state index is -0.414. The smallest absolute Gasteiger partial charge is 0.307 e. The minimum absolute atomic E-state index is 0.00910. The Morgan fingerprint density at radius 1 is 1.36 bits per heavy atom. The highest BCUT2D eigenvalue weighted by atomic mass is 16.5. The Morgan fingerprint density at radius 2 is 2.09 bits per heavy atom. The molecule has 8 nitrogen and oxygen atoms in total. The number of nitrogens with zero attached hydrogens (tertiary/aromatic N) is 2. The van der Waals surface area contributed by atoms with E-state index in [1.165, 1.54) is 13.3 Å². The molecule has 0 aromatic heterocycles. The molecule has 0 saturated carbocycles. The number of carbonyl (C=O) groups is 2. The number of rotatable bonds is 8. The molecule has 0 atom stereocenters. The van der Waals surface area contributed by atoms with E-state index in [9.17, 15) is 9.59 Å². The maximum Gasteiger partial charge on any atom is 0.307 e. The van der Waals surface area contributed by atoms with Gasteiger partial charge in [0.05, 0.1) is 13.5 Å². The minimum Gasteiger partial charge on any atom is -0.469 e. The van der Waals surface area contributed by atoms with Crippen molar-refractivity contribution in [2.24, 2.45) is 0 Å². The fraction of sp³-hybridized carbons (Fsp3) is 0.643. The van der Waals surface area contributed by atoms with Gasteiger partial charge in [0, 0.05) is 52.0 Å². The molecule has 1 aliphatic rings. The van der Waals surface area contributed by atoms with E-state index in [4.69, 9.17) is 5.26 Å². The van der Waals surface area contributed by atoms with E-state index in [1.54, 1.807) is 0 Å². The molecule has 122 valence electrons. The van der Waals surface area contributed by atoms with Crippen molar-refractivity contribution in [1.82, 2.24) is 20.9 Å². The molecule has 0 unspecified atom stereocenters. The summed E-state index contributed by atoms with van der Waals surface area (Å²) in [7, 11) is 1.31. The van der Waals surface area contributed by atoms with E-state index in [-0.39, 0.29) is 18.0 Å². The van der Waals surface area contributed by atoms with Gasteiger partial charge in [-0.15, -0.1) is 0 Å². The van der Waals surface area contributed by atoms with Crippen molar-refractivity contribution in [3.05, 3.63) is 11.8 Å². The first-order chi connectivity index (χ1) is 10.7. The van der Waals surface area contributed by atoms with Crippen LogP contribution in [0.3, 0.4) is 0 Å². The fourth-order valence-electron chi connectivity index (χ4n) is 1.96. The zero-order chi connectivity index (χ0) is 16.2. The summed E-state index contributed by atoms with van der Waals surface area (Å²) >= 11 is 0. The van der Waals surface area contributed by atoms with Gasteiger partial charge in [-0.05, 0) is 0 Å². The van der Waals surface area contributed by atoms with E-state index in [1.807, 2.05) is 6.07 Å². The van der Waals surface area contributed by atoms with E-state index < -0.39 is 5.91 Å². The topological polar surface area (TPSA) is 106 Å². The summed E-state index contributed by atoms with van der Waals surface area (Å²) in [4.78, 5) is 25.0. The van der Waals surface area contributed by atoms with Gasteiger partial charge in [-0.2, -0.15) is 5.26 Å². The van der Waals surface area contributed by atoms with Gasteiger partial charge in [-0.25, -0.2) is 0 Å². The highest BCUT2D eigenvalue weighted by Crippen LogP contribution is 1.93. The monoisotopic (exact) mass is 309 g/mol. The summed E-state index contributed by atoms with van der Waals surface area (Å²) < 4.78 is 4.49. The van der Waals surface area contributed by atoms with Crippen LogP contribution in [0, 0.1) is 11.3 Å². The molecule has 1 aliphatic heterocycles. The van der Waals surface area contributed by atoms with E-state index in [2.05, 4.69) is 25.6 Å². The third-order valence-electron chi connectivity index (χ3n) is 3.24. The Balaban J connectivity index is 2.25. The number of methoxy groups -OCH3 is 1. The molecule has 1 saturated heterocycles. The fourth-order valence-corrected chi connectivity index (χ4v) is 1.96. The summed E-state index contributed by atoms with van der Waals surface area (Å²) in [5.41, 5.74) is -0.00910. The normalized spacial score (nSPS) is 15.7. The first kappa shape index (κ1) is 17.9. The van der Waals surface area contributed by atoms with E-state index >= 15 is 0 Å². The molecule has 0 spiro atoms. The average molecular weight is 309 g/mol. The van der Waals surface area contributed by atoms with Crippen molar-refractivity contribution < 1.29 is 14.3 Å². The number of nitrogens with one attached hydrogen (secondary N) is 3. The summed E-state index contributed by atoms with van der Waals surface area (Å²) in [5.74, 6) is -0.761. The number of esters is 1. The number of ether oxygens (including phenoxy) is 1. The van der Waals surface area contributed by atoms with Gasteiger partial charge >= 0.3 is 5.97 Å². The molecule has 22 heavy (non-hydrogen) atoms. The average Bonchev–Trinajstić information content (AvgIpc) is 2.55. The Morgan fingerprint density at radius 3 is 2.73 bits per heavy atom. The molecule has 8 heteroatoms. The third-order valence-corrected chi connectivity index (χ3v) is 3.24. The zero-order valence-corrected chi connectivity index (χ0v) is 12.9. The lowest BCUT2D eigenvalue weighted by atomic mass is 10.3. The second-order valence-electron chi connectivity index (χ2n) is 4.80. The number of carbonyl (C=O) groups excluding carboxylic acids is 2. The van der Waals surface area contributed by atoms with Crippen molar-refractivity contribution >= 4 is 11.9 Å². The second kappa shape index (κ2) is 10.6. The lowest BCUT2D eigenvalue weighted by Crippen LogP contribution is -2.46. The van der Waals surface area contributed by atoms with Gasteiger partial charge in [0.2, 0.25) is 0 Å². The van der Waals surface area contributed by atoms with Crippen LogP contribution in [0.5, 0.6) is 0 Å². The molecule has 0 aromatic rings. The first-order valence-corrected chi connectivity index (χ1v) is 7.29. The molecular weight excluding hydrogens is 286 g/mol. The Hall–Kier alpha value is -2.11. The molecule has 0 radical (unpaired) electrons. The Bertz CT molecular complexity index is 438. The van der Waals surface area contributed by atoms with E-state index in [0.717, 1.165) is 32.7 Å². The molecule has 0 bridgehead atoms. The molecule has 1 amide bonds. The maximum atomic E-state index is 11.8. The Kier molecular flexibility index (Phi) is 8.64. The van der Waals surface area contributed by atoms with Gasteiger partial charge in [0.15, 0.2) is 0 Å². The van der Waals surface area contributed by atoms with Crippen LogP contribution < -0.4 is 16.0 Å². The quantitative estimate of drug-likeness (QED) is 0.218. The van der Waals surface area contributed by atoms with Gasteiger partial charge in [0.1, 0.15) is 11.6 Å². The summed E-state index contributed by atoms with van der Waals surface area (Å²) in [6.45, 7) is 5.43. The van der Waals surface area contributed by atoms with Crippen molar-refractivity contribution in [1.29, 1.82) is 5.26 Å². The molecule has 3 N–H and O–H groups in total. The molecular formula is C14H23N5O3. The zero-order valence-electron chi connectivity index (χ0n) is 12.9. The predicted molar refractivity (Wildman–Crippen MR) is 80.7 cm³/mol.